The Hall–Kier alpha value is -0.580. The number of amides is 1. The molecule has 3 nitrogen and oxygen atoms in total. The molecule has 1 fully saturated rings. The lowest BCUT2D eigenvalue weighted by Gasteiger charge is -2.40. The van der Waals surface area contributed by atoms with E-state index in [1.807, 2.05) is 4.90 Å². The van der Waals surface area contributed by atoms with Crippen LogP contribution < -0.4 is 5.32 Å². The minimum atomic E-state index is 0.0836. The van der Waals surface area contributed by atoms with Gasteiger partial charge in [0.05, 0.1) is 5.56 Å². The normalized spacial score (nSPS) is 22.9. The highest BCUT2D eigenvalue weighted by Crippen LogP contribution is 2.25. The first-order valence-electron chi connectivity index (χ1n) is 7.06. The monoisotopic (exact) mass is 358 g/mol. The molecule has 1 N–H and O–H groups in total. The third-order valence-electron chi connectivity index (χ3n) is 3.89. The Morgan fingerprint density at radius 3 is 2.80 bits per heavy atom. The zero-order chi connectivity index (χ0) is 14.7. The molecule has 0 saturated carbocycles. The average molecular weight is 360 g/mol. The number of nitrogens with one attached hydrogen (secondary N) is 1. The van der Waals surface area contributed by atoms with Crippen LogP contribution >= 0.6 is 27.5 Å². The van der Waals surface area contributed by atoms with Crippen LogP contribution in [0.3, 0.4) is 0 Å². The van der Waals surface area contributed by atoms with Gasteiger partial charge in [0.25, 0.3) is 5.91 Å². The molecule has 5 heteroatoms. The van der Waals surface area contributed by atoms with Gasteiger partial charge in [-0.05, 0) is 47.0 Å². The minimum Gasteiger partial charge on any atom is -0.333 e. The molecule has 0 spiro atoms. The van der Waals surface area contributed by atoms with E-state index in [2.05, 4.69) is 35.1 Å². The van der Waals surface area contributed by atoms with Gasteiger partial charge < -0.3 is 10.2 Å². The lowest BCUT2D eigenvalue weighted by atomic mass is 10.0. The van der Waals surface area contributed by atoms with Gasteiger partial charge in [-0.2, -0.15) is 0 Å². The van der Waals surface area contributed by atoms with Gasteiger partial charge in [0.1, 0.15) is 0 Å². The first kappa shape index (κ1) is 15.8. The number of halogens is 2. The lowest BCUT2D eigenvalue weighted by Crippen LogP contribution is -2.57. The third kappa shape index (κ3) is 3.35. The SMILES string of the molecule is CCC1CN(C(=O)c2ccc(Cl)cc2Br)C(CC)CN1. The van der Waals surface area contributed by atoms with E-state index in [1.165, 1.54) is 0 Å². The molecule has 0 radical (unpaired) electrons. The van der Waals surface area contributed by atoms with Crippen molar-refractivity contribution in [2.45, 2.75) is 38.8 Å². The molecule has 2 atom stereocenters. The average Bonchev–Trinajstić information content (AvgIpc) is 2.46. The highest BCUT2D eigenvalue weighted by molar-refractivity contribution is 9.10. The Labute approximate surface area is 133 Å². The van der Waals surface area contributed by atoms with Gasteiger partial charge in [-0.15, -0.1) is 0 Å². The summed E-state index contributed by atoms with van der Waals surface area (Å²) in [6.45, 7) is 5.90. The Bertz CT molecular complexity index is 495. The summed E-state index contributed by atoms with van der Waals surface area (Å²) in [6, 6.07) is 5.97. The topological polar surface area (TPSA) is 32.3 Å². The highest BCUT2D eigenvalue weighted by atomic mass is 79.9. The summed E-state index contributed by atoms with van der Waals surface area (Å²) in [5, 5.41) is 4.13. The third-order valence-corrected chi connectivity index (χ3v) is 4.78. The molecular formula is C15H20BrClN2O. The van der Waals surface area contributed by atoms with E-state index in [0.29, 0.717) is 16.6 Å². The standard InChI is InChI=1S/C15H20BrClN2O/c1-3-11-9-19(12(4-2)8-18-11)15(20)13-6-5-10(17)7-14(13)16/h5-7,11-12,18H,3-4,8-9H2,1-2H3. The van der Waals surface area contributed by atoms with Crippen molar-refractivity contribution in [1.29, 1.82) is 0 Å². The maximum Gasteiger partial charge on any atom is 0.255 e. The van der Waals surface area contributed by atoms with Gasteiger partial charge in [0.15, 0.2) is 0 Å². The smallest absolute Gasteiger partial charge is 0.255 e. The Morgan fingerprint density at radius 2 is 2.20 bits per heavy atom. The number of hydrogen-bond donors (Lipinski definition) is 1. The molecule has 2 rings (SSSR count). The van der Waals surface area contributed by atoms with Crippen LogP contribution in [0.25, 0.3) is 0 Å². The summed E-state index contributed by atoms with van der Waals surface area (Å²) in [5.41, 5.74) is 0.685. The predicted molar refractivity (Wildman–Crippen MR) is 86.3 cm³/mol. The van der Waals surface area contributed by atoms with Crippen molar-refractivity contribution in [3.05, 3.63) is 33.3 Å². The molecule has 1 aliphatic rings. The van der Waals surface area contributed by atoms with Gasteiger partial charge >= 0.3 is 0 Å². The van der Waals surface area contributed by atoms with Crippen LogP contribution in [-0.2, 0) is 0 Å². The molecule has 1 aliphatic heterocycles. The molecule has 2 unspecified atom stereocenters. The fourth-order valence-electron chi connectivity index (χ4n) is 2.57. The molecule has 0 aromatic heterocycles. The zero-order valence-electron chi connectivity index (χ0n) is 11.8. The maximum absolute atomic E-state index is 12.8. The maximum atomic E-state index is 12.8. The highest BCUT2D eigenvalue weighted by Gasteiger charge is 2.30. The molecular weight excluding hydrogens is 340 g/mol. The minimum absolute atomic E-state index is 0.0836. The van der Waals surface area contributed by atoms with E-state index in [1.54, 1.807) is 18.2 Å². The van der Waals surface area contributed by atoms with Crippen molar-refractivity contribution in [3.63, 3.8) is 0 Å². The van der Waals surface area contributed by atoms with E-state index in [9.17, 15) is 4.79 Å². The fraction of sp³-hybridized carbons (Fsp3) is 0.533. The Kier molecular flexibility index (Phi) is 5.47. The van der Waals surface area contributed by atoms with Gasteiger partial charge in [0, 0.05) is 34.7 Å². The van der Waals surface area contributed by atoms with E-state index in [0.717, 1.165) is 30.4 Å². The van der Waals surface area contributed by atoms with Crippen LogP contribution in [0.5, 0.6) is 0 Å². The molecule has 0 aliphatic carbocycles. The van der Waals surface area contributed by atoms with Crippen molar-refractivity contribution in [2.24, 2.45) is 0 Å². The van der Waals surface area contributed by atoms with Crippen molar-refractivity contribution in [3.8, 4) is 0 Å². The Morgan fingerprint density at radius 1 is 1.45 bits per heavy atom. The summed E-state index contributed by atoms with van der Waals surface area (Å²) in [7, 11) is 0. The van der Waals surface area contributed by atoms with E-state index in [4.69, 9.17) is 11.6 Å². The number of piperazine rings is 1. The lowest BCUT2D eigenvalue weighted by molar-refractivity contribution is 0.0575. The molecule has 1 heterocycles. The van der Waals surface area contributed by atoms with Gasteiger partial charge in [-0.3, -0.25) is 4.79 Å². The number of benzene rings is 1. The number of hydrogen-bond acceptors (Lipinski definition) is 2. The summed E-state index contributed by atoms with van der Waals surface area (Å²) in [6.07, 6.45) is 1.99. The van der Waals surface area contributed by atoms with Crippen LogP contribution in [-0.4, -0.2) is 36.0 Å². The summed E-state index contributed by atoms with van der Waals surface area (Å²) < 4.78 is 0.761. The van der Waals surface area contributed by atoms with Crippen LogP contribution in [0.15, 0.2) is 22.7 Å². The number of rotatable bonds is 3. The summed E-state index contributed by atoms with van der Waals surface area (Å²) in [4.78, 5) is 14.8. The van der Waals surface area contributed by atoms with Gasteiger partial charge in [-0.25, -0.2) is 0 Å². The molecule has 0 bridgehead atoms. The summed E-state index contributed by atoms with van der Waals surface area (Å²) in [5.74, 6) is 0.0836. The van der Waals surface area contributed by atoms with E-state index >= 15 is 0 Å². The van der Waals surface area contributed by atoms with Crippen LogP contribution in [0.2, 0.25) is 5.02 Å². The summed E-state index contributed by atoms with van der Waals surface area (Å²) >= 11 is 9.38. The predicted octanol–water partition coefficient (Wildman–Crippen LogP) is 3.71. The first-order valence-corrected chi connectivity index (χ1v) is 8.23. The molecule has 1 aromatic carbocycles. The van der Waals surface area contributed by atoms with E-state index in [-0.39, 0.29) is 11.9 Å². The number of carbonyl (C=O) groups is 1. The molecule has 20 heavy (non-hydrogen) atoms. The molecule has 1 amide bonds. The second-order valence-corrected chi connectivity index (χ2v) is 6.45. The second-order valence-electron chi connectivity index (χ2n) is 5.16. The van der Waals surface area contributed by atoms with Crippen molar-refractivity contribution >= 4 is 33.4 Å². The van der Waals surface area contributed by atoms with Crippen LogP contribution in [0.4, 0.5) is 0 Å². The molecule has 1 aromatic rings. The second kappa shape index (κ2) is 6.92. The van der Waals surface area contributed by atoms with Gasteiger partial charge in [-0.1, -0.05) is 25.4 Å². The largest absolute Gasteiger partial charge is 0.333 e. The van der Waals surface area contributed by atoms with Crippen molar-refractivity contribution in [2.75, 3.05) is 13.1 Å². The van der Waals surface area contributed by atoms with E-state index < -0.39 is 0 Å². The van der Waals surface area contributed by atoms with Crippen LogP contribution in [0.1, 0.15) is 37.0 Å². The Balaban J connectivity index is 2.24. The van der Waals surface area contributed by atoms with Crippen molar-refractivity contribution < 1.29 is 4.79 Å². The van der Waals surface area contributed by atoms with Crippen LogP contribution in [0, 0.1) is 0 Å². The molecule has 1 saturated heterocycles. The number of carbonyl (C=O) groups excluding carboxylic acids is 1. The van der Waals surface area contributed by atoms with Crippen molar-refractivity contribution in [1.82, 2.24) is 10.2 Å². The van der Waals surface area contributed by atoms with Gasteiger partial charge in [0.2, 0.25) is 0 Å². The quantitative estimate of drug-likeness (QED) is 0.892. The first-order chi connectivity index (χ1) is 9.56. The molecule has 110 valence electrons. The fourth-order valence-corrected chi connectivity index (χ4v) is 3.42. The number of nitrogens with zero attached hydrogens (tertiary/aromatic N) is 1. The zero-order valence-corrected chi connectivity index (χ0v) is 14.2.